The van der Waals surface area contributed by atoms with Gasteiger partial charge in [-0.3, -0.25) is 4.79 Å². The average Bonchev–Trinajstić information content (AvgIpc) is 2.66. The fraction of sp³-hybridized carbons (Fsp3) is 0.190. The Balaban J connectivity index is 2.06. The number of carbonyl (C=O) groups is 1. The van der Waals surface area contributed by atoms with Crippen LogP contribution in [-0.4, -0.2) is 23.4 Å². The fourth-order valence-electron chi connectivity index (χ4n) is 3.78. The van der Waals surface area contributed by atoms with Crippen molar-refractivity contribution in [1.82, 2.24) is 0 Å². The van der Waals surface area contributed by atoms with Crippen molar-refractivity contribution in [3.8, 4) is 5.75 Å². The molecule has 0 spiro atoms. The van der Waals surface area contributed by atoms with Crippen molar-refractivity contribution in [3.05, 3.63) is 87.5 Å². The highest BCUT2D eigenvalue weighted by Crippen LogP contribution is 2.50. The first-order valence-electron chi connectivity index (χ1n) is 8.24. The van der Waals surface area contributed by atoms with Crippen LogP contribution in [0.15, 0.2) is 65.8 Å². The summed E-state index contributed by atoms with van der Waals surface area (Å²) in [5.41, 5.74) is 0.776. The molecule has 0 saturated carbocycles. The molecule has 0 aliphatic heterocycles. The normalized spacial score (nSPS) is 24.3. The van der Waals surface area contributed by atoms with E-state index in [9.17, 15) is 9.90 Å². The Hall–Kier alpha value is -2.07. The average molecular weight is 387 g/mol. The van der Waals surface area contributed by atoms with Crippen LogP contribution in [0.4, 0.5) is 0 Å². The maximum Gasteiger partial charge on any atom is 0.195 e. The second kappa shape index (κ2) is 6.27. The number of hydrogen-bond acceptors (Lipinski definition) is 3. The summed E-state index contributed by atoms with van der Waals surface area (Å²) < 4.78 is 5.22. The molecule has 4 rings (SSSR count). The number of rotatable bonds is 2. The van der Waals surface area contributed by atoms with Crippen molar-refractivity contribution in [2.75, 3.05) is 7.11 Å². The molecular weight excluding hydrogens is 371 g/mol. The molecule has 132 valence electrons. The summed E-state index contributed by atoms with van der Waals surface area (Å²) in [4.78, 5) is 13.1. The SMILES string of the molecule is COc1ccc(C2(O)C3=C(C=CCC3Cl)C(=O)c3c(Cl)cccc32)cc1. The number of halogens is 2. The van der Waals surface area contributed by atoms with Crippen LogP contribution < -0.4 is 4.74 Å². The molecule has 0 bridgehead atoms. The molecule has 2 aliphatic carbocycles. The van der Waals surface area contributed by atoms with Crippen LogP contribution in [0, 0.1) is 0 Å². The molecule has 0 saturated heterocycles. The maximum atomic E-state index is 13.1. The minimum Gasteiger partial charge on any atom is -0.497 e. The van der Waals surface area contributed by atoms with E-state index in [0.717, 1.165) is 0 Å². The monoisotopic (exact) mass is 386 g/mol. The van der Waals surface area contributed by atoms with Crippen molar-refractivity contribution >= 4 is 29.0 Å². The van der Waals surface area contributed by atoms with Gasteiger partial charge in [0.25, 0.3) is 0 Å². The molecule has 2 unspecified atom stereocenters. The van der Waals surface area contributed by atoms with Crippen molar-refractivity contribution in [2.45, 2.75) is 17.4 Å². The lowest BCUT2D eigenvalue weighted by molar-refractivity contribution is 0.0927. The lowest BCUT2D eigenvalue weighted by atomic mass is 9.68. The second-order valence-electron chi connectivity index (χ2n) is 6.36. The molecule has 0 amide bonds. The Morgan fingerprint density at radius 3 is 2.62 bits per heavy atom. The quantitative estimate of drug-likeness (QED) is 0.764. The third-order valence-corrected chi connectivity index (χ3v) is 5.71. The topological polar surface area (TPSA) is 46.5 Å². The number of aliphatic hydroxyl groups is 1. The van der Waals surface area contributed by atoms with E-state index in [0.29, 0.717) is 45.0 Å². The van der Waals surface area contributed by atoms with Crippen molar-refractivity contribution in [3.63, 3.8) is 0 Å². The van der Waals surface area contributed by atoms with Gasteiger partial charge in [0.05, 0.1) is 17.5 Å². The van der Waals surface area contributed by atoms with E-state index in [1.165, 1.54) is 0 Å². The first kappa shape index (κ1) is 17.3. The van der Waals surface area contributed by atoms with Gasteiger partial charge in [-0.1, -0.05) is 48.0 Å². The highest BCUT2D eigenvalue weighted by molar-refractivity contribution is 6.36. The summed E-state index contributed by atoms with van der Waals surface area (Å²) in [7, 11) is 1.58. The summed E-state index contributed by atoms with van der Waals surface area (Å²) in [6.07, 6.45) is 4.13. The number of hydrogen-bond donors (Lipinski definition) is 1. The summed E-state index contributed by atoms with van der Waals surface area (Å²) >= 11 is 12.9. The van der Waals surface area contributed by atoms with Gasteiger partial charge in [0, 0.05) is 16.7 Å². The first-order valence-corrected chi connectivity index (χ1v) is 9.05. The third kappa shape index (κ3) is 2.35. The van der Waals surface area contributed by atoms with Gasteiger partial charge in [-0.15, -0.1) is 11.6 Å². The zero-order valence-electron chi connectivity index (χ0n) is 14.0. The summed E-state index contributed by atoms with van der Waals surface area (Å²) in [5.74, 6) is 0.469. The number of Topliss-reactive ketones (excluding diaryl/α,β-unsaturated/α-hetero) is 1. The molecule has 3 nitrogen and oxygen atoms in total. The Bertz CT molecular complexity index is 960. The Labute approximate surface area is 161 Å². The van der Waals surface area contributed by atoms with Gasteiger partial charge in [0.1, 0.15) is 11.4 Å². The molecule has 1 N–H and O–H groups in total. The van der Waals surface area contributed by atoms with E-state index in [-0.39, 0.29) is 5.78 Å². The lowest BCUT2D eigenvalue weighted by Gasteiger charge is -2.41. The van der Waals surface area contributed by atoms with E-state index in [4.69, 9.17) is 27.9 Å². The lowest BCUT2D eigenvalue weighted by Crippen LogP contribution is -2.41. The third-order valence-electron chi connectivity index (χ3n) is 5.00. The van der Waals surface area contributed by atoms with Gasteiger partial charge >= 0.3 is 0 Å². The maximum absolute atomic E-state index is 13.1. The first-order chi connectivity index (χ1) is 12.5. The Morgan fingerprint density at radius 2 is 1.92 bits per heavy atom. The number of ketones is 1. The van der Waals surface area contributed by atoms with Gasteiger partial charge in [-0.2, -0.15) is 0 Å². The van der Waals surface area contributed by atoms with E-state index in [1.54, 1.807) is 55.7 Å². The predicted molar refractivity (Wildman–Crippen MR) is 102 cm³/mol. The number of benzene rings is 2. The number of fused-ring (bicyclic) bond motifs is 1. The number of carbonyl (C=O) groups excluding carboxylic acids is 1. The largest absolute Gasteiger partial charge is 0.497 e. The summed E-state index contributed by atoms with van der Waals surface area (Å²) in [6.45, 7) is 0. The summed E-state index contributed by atoms with van der Waals surface area (Å²) in [6, 6.07) is 12.2. The van der Waals surface area contributed by atoms with E-state index in [2.05, 4.69) is 0 Å². The zero-order valence-corrected chi connectivity index (χ0v) is 15.5. The smallest absolute Gasteiger partial charge is 0.195 e. The van der Waals surface area contributed by atoms with Crippen LogP contribution in [0.3, 0.4) is 0 Å². The minimum atomic E-state index is -1.53. The van der Waals surface area contributed by atoms with E-state index >= 15 is 0 Å². The molecule has 2 aliphatic rings. The summed E-state index contributed by atoms with van der Waals surface area (Å²) in [5, 5.41) is 11.8. The molecule has 2 atom stereocenters. The number of alkyl halides is 1. The number of methoxy groups -OCH3 is 1. The van der Waals surface area contributed by atoms with Crippen molar-refractivity contribution in [1.29, 1.82) is 0 Å². The standard InChI is InChI=1S/C21H16Cl2O3/c1-26-13-10-8-12(9-11-13)21(25)15-5-3-6-16(22)18(15)20(24)14-4-2-7-17(23)19(14)21/h2-6,8-11,17,25H,7H2,1H3. The van der Waals surface area contributed by atoms with Crippen molar-refractivity contribution < 1.29 is 14.6 Å². The number of ether oxygens (including phenoxy) is 1. The van der Waals surface area contributed by atoms with Crippen LogP contribution in [0.2, 0.25) is 5.02 Å². The van der Waals surface area contributed by atoms with Gasteiger partial charge in [-0.25, -0.2) is 0 Å². The highest BCUT2D eigenvalue weighted by Gasteiger charge is 2.48. The Kier molecular flexibility index (Phi) is 4.19. The molecule has 2 aromatic carbocycles. The van der Waals surface area contributed by atoms with Gasteiger partial charge < -0.3 is 9.84 Å². The van der Waals surface area contributed by atoms with Crippen LogP contribution in [-0.2, 0) is 5.60 Å². The molecule has 0 aromatic heterocycles. The molecule has 0 fully saturated rings. The minimum absolute atomic E-state index is 0.208. The van der Waals surface area contributed by atoms with Crippen LogP contribution in [0.25, 0.3) is 0 Å². The molecule has 2 aromatic rings. The number of allylic oxidation sites excluding steroid dienone is 3. The van der Waals surface area contributed by atoms with E-state index < -0.39 is 11.0 Å². The van der Waals surface area contributed by atoms with Gasteiger partial charge in [0.15, 0.2) is 5.78 Å². The van der Waals surface area contributed by atoms with Crippen LogP contribution in [0.1, 0.15) is 27.9 Å². The molecular formula is C21H16Cl2O3. The van der Waals surface area contributed by atoms with Gasteiger partial charge in [0.2, 0.25) is 0 Å². The second-order valence-corrected chi connectivity index (χ2v) is 7.30. The van der Waals surface area contributed by atoms with E-state index in [1.807, 2.05) is 6.08 Å². The molecule has 0 heterocycles. The van der Waals surface area contributed by atoms with Crippen LogP contribution >= 0.6 is 23.2 Å². The Morgan fingerprint density at radius 1 is 1.19 bits per heavy atom. The van der Waals surface area contributed by atoms with Gasteiger partial charge in [-0.05, 0) is 35.8 Å². The molecule has 5 heteroatoms. The molecule has 26 heavy (non-hydrogen) atoms. The zero-order chi connectivity index (χ0) is 18.5. The molecule has 0 radical (unpaired) electrons. The fourth-order valence-corrected chi connectivity index (χ4v) is 4.42. The highest BCUT2D eigenvalue weighted by atomic mass is 35.5. The van der Waals surface area contributed by atoms with Crippen LogP contribution in [0.5, 0.6) is 5.75 Å². The van der Waals surface area contributed by atoms with Crippen molar-refractivity contribution in [2.24, 2.45) is 0 Å². The predicted octanol–water partition coefficient (Wildman–Crippen LogP) is 4.64.